The Morgan fingerprint density at radius 3 is 1.71 bits per heavy atom. The zero-order valence-corrected chi connectivity index (χ0v) is 25.4. The molecule has 0 spiro atoms. The standard InChI is InChI=1S/C48H30O/c1-3-14-31(15-4-1)33-26-28-36-34(30-33)27-29-43-47-42(24-13-25-44(47)49-48(36)43)46-40-22-11-9-20-38(40)45(39-21-10-12-23-41(39)46)37-19-8-7-18-35(37)32-16-5-2-6-17-32/h1-30H/i2D,5D,6D,7D,8D,9D,10D,11D,12D,16D,17D,18D,19D,20D,21D,22D,23D. The van der Waals surface area contributed by atoms with Crippen LogP contribution in [0, 0.1) is 0 Å². The summed E-state index contributed by atoms with van der Waals surface area (Å²) in [6.07, 6.45) is 0. The van der Waals surface area contributed by atoms with Crippen molar-refractivity contribution in [2.75, 3.05) is 0 Å². The molecule has 9 aromatic carbocycles. The summed E-state index contributed by atoms with van der Waals surface area (Å²) in [5.74, 6) is 0. The molecule has 0 N–H and O–H groups in total. The molecule has 0 radical (unpaired) electrons. The predicted molar refractivity (Wildman–Crippen MR) is 208 cm³/mol. The van der Waals surface area contributed by atoms with Gasteiger partial charge in [-0.25, -0.2) is 0 Å². The van der Waals surface area contributed by atoms with Gasteiger partial charge in [-0.15, -0.1) is 0 Å². The van der Waals surface area contributed by atoms with E-state index in [9.17, 15) is 8.22 Å². The summed E-state index contributed by atoms with van der Waals surface area (Å²) >= 11 is 0. The molecule has 0 saturated heterocycles. The minimum Gasteiger partial charge on any atom is -0.455 e. The maximum absolute atomic E-state index is 9.55. The van der Waals surface area contributed by atoms with E-state index in [0.717, 1.165) is 21.9 Å². The normalized spacial score (nSPS) is 16.5. The Morgan fingerprint density at radius 1 is 0.388 bits per heavy atom. The van der Waals surface area contributed by atoms with Gasteiger partial charge < -0.3 is 4.42 Å². The lowest BCUT2D eigenvalue weighted by atomic mass is 9.83. The SMILES string of the molecule is [2H]c1c([2H])c([2H])c(-c2c([2H])c([2H])c([2H])c([2H])c2-c2c3c([2H])c([2H])c([2H])c([2H])c3c(-c3cccc4oc5c6ccc(-c7ccccc7)cc6ccc5c34)c3c([2H])c([2H])c([2H])c([2H])c23)c([2H])c1[2H]. The topological polar surface area (TPSA) is 13.1 Å². The number of hydrogen-bond acceptors (Lipinski definition) is 1. The zero-order valence-electron chi connectivity index (χ0n) is 42.4. The van der Waals surface area contributed by atoms with Gasteiger partial charge in [0.1, 0.15) is 11.2 Å². The fraction of sp³-hybridized carbons (Fsp3) is 0. The van der Waals surface area contributed by atoms with E-state index >= 15 is 0 Å². The van der Waals surface area contributed by atoms with Crippen molar-refractivity contribution in [2.45, 2.75) is 0 Å². The molecule has 0 atom stereocenters. The quantitative estimate of drug-likeness (QED) is 0.175. The van der Waals surface area contributed by atoms with Crippen LogP contribution in [0.4, 0.5) is 0 Å². The van der Waals surface area contributed by atoms with Crippen molar-refractivity contribution in [1.82, 2.24) is 0 Å². The molecular formula is C48H30O. The Hall–Kier alpha value is -6.44. The van der Waals surface area contributed by atoms with Crippen LogP contribution in [0.3, 0.4) is 0 Å². The van der Waals surface area contributed by atoms with Crippen LogP contribution < -0.4 is 0 Å². The van der Waals surface area contributed by atoms with Crippen molar-refractivity contribution in [3.8, 4) is 44.5 Å². The number of fused-ring (bicyclic) bond motifs is 7. The number of rotatable bonds is 4. The van der Waals surface area contributed by atoms with E-state index in [2.05, 4.69) is 0 Å². The lowest BCUT2D eigenvalue weighted by molar-refractivity contribution is 0.673. The lowest BCUT2D eigenvalue weighted by Gasteiger charge is -2.20. The summed E-state index contributed by atoms with van der Waals surface area (Å²) in [6, 6.07) is 11.2. The summed E-state index contributed by atoms with van der Waals surface area (Å²) in [4.78, 5) is 0. The van der Waals surface area contributed by atoms with Gasteiger partial charge >= 0.3 is 0 Å². The van der Waals surface area contributed by atoms with Gasteiger partial charge in [0, 0.05) is 16.2 Å². The predicted octanol–water partition coefficient (Wildman–Crippen LogP) is 13.7. The molecule has 10 rings (SSSR count). The second kappa shape index (κ2) is 11.1. The third-order valence-corrected chi connectivity index (χ3v) is 8.92. The molecular weight excluding hydrogens is 593 g/mol. The Bertz CT molecular complexity index is 3730. The second-order valence-corrected chi connectivity index (χ2v) is 11.5. The highest BCUT2D eigenvalue weighted by Crippen LogP contribution is 2.48. The molecule has 0 fully saturated rings. The highest BCUT2D eigenvalue weighted by molar-refractivity contribution is 6.27. The Labute approximate surface area is 308 Å². The Balaban J connectivity index is 1.45. The van der Waals surface area contributed by atoms with Crippen molar-refractivity contribution in [3.05, 3.63) is 182 Å². The van der Waals surface area contributed by atoms with Crippen molar-refractivity contribution in [2.24, 2.45) is 0 Å². The van der Waals surface area contributed by atoms with E-state index in [1.165, 1.54) is 0 Å². The Kier molecular flexibility index (Phi) is 3.54. The van der Waals surface area contributed by atoms with Gasteiger partial charge in [-0.2, -0.15) is 0 Å². The molecule has 0 saturated carbocycles. The third-order valence-electron chi connectivity index (χ3n) is 8.92. The largest absolute Gasteiger partial charge is 0.455 e. The minimum absolute atomic E-state index is 0.0548. The zero-order chi connectivity index (χ0) is 47.1. The van der Waals surface area contributed by atoms with Gasteiger partial charge in [-0.3, -0.25) is 0 Å². The van der Waals surface area contributed by atoms with Crippen molar-refractivity contribution in [1.29, 1.82) is 0 Å². The number of furan rings is 1. The molecule has 49 heavy (non-hydrogen) atoms. The smallest absolute Gasteiger partial charge is 0.143 e. The maximum atomic E-state index is 9.55. The third kappa shape index (κ3) is 4.33. The van der Waals surface area contributed by atoms with E-state index in [-0.39, 0.29) is 21.9 Å². The van der Waals surface area contributed by atoms with Gasteiger partial charge in [0.25, 0.3) is 0 Å². The van der Waals surface area contributed by atoms with E-state index in [1.54, 1.807) is 18.2 Å². The average molecular weight is 640 g/mol. The van der Waals surface area contributed by atoms with E-state index < -0.39 is 136 Å². The first-order chi connectivity index (χ1) is 31.4. The summed E-state index contributed by atoms with van der Waals surface area (Å²) < 4.78 is 160. The molecule has 1 heteroatoms. The maximum Gasteiger partial charge on any atom is 0.143 e. The molecule has 0 amide bonds. The van der Waals surface area contributed by atoms with Crippen molar-refractivity contribution in [3.63, 3.8) is 0 Å². The van der Waals surface area contributed by atoms with Crippen LogP contribution in [0.2, 0.25) is 0 Å². The van der Waals surface area contributed by atoms with Crippen LogP contribution in [0.25, 0.3) is 98.8 Å². The van der Waals surface area contributed by atoms with Crippen molar-refractivity contribution >= 4 is 54.3 Å². The lowest BCUT2D eigenvalue weighted by Crippen LogP contribution is -1.93. The van der Waals surface area contributed by atoms with Gasteiger partial charge in [-0.1, -0.05) is 157 Å². The molecule has 0 bridgehead atoms. The molecule has 0 aliphatic carbocycles. The van der Waals surface area contributed by atoms with Crippen LogP contribution >= 0.6 is 0 Å². The van der Waals surface area contributed by atoms with E-state index in [4.69, 9.17) is 19.5 Å². The molecule has 0 unspecified atom stereocenters. The van der Waals surface area contributed by atoms with Gasteiger partial charge in [0.15, 0.2) is 0 Å². The van der Waals surface area contributed by atoms with Gasteiger partial charge in [0.05, 0.1) is 23.3 Å². The molecule has 228 valence electrons. The second-order valence-electron chi connectivity index (χ2n) is 11.5. The molecule has 1 aromatic heterocycles. The molecule has 1 nitrogen and oxygen atoms in total. The first-order valence-corrected chi connectivity index (χ1v) is 15.5. The van der Waals surface area contributed by atoms with Crippen LogP contribution in [0.15, 0.2) is 186 Å². The van der Waals surface area contributed by atoms with Crippen LogP contribution in [-0.4, -0.2) is 0 Å². The first-order valence-electron chi connectivity index (χ1n) is 24.0. The highest BCUT2D eigenvalue weighted by atomic mass is 16.3. The molecule has 10 aromatic rings. The molecule has 0 aliphatic rings. The van der Waals surface area contributed by atoms with Crippen LogP contribution in [0.1, 0.15) is 23.3 Å². The van der Waals surface area contributed by atoms with Crippen LogP contribution in [-0.2, 0) is 0 Å². The minimum atomic E-state index is -0.866. The number of hydrogen-bond donors (Lipinski definition) is 0. The average Bonchev–Trinajstić information content (AvgIpc) is 3.72. The molecule has 1 heterocycles. The van der Waals surface area contributed by atoms with Gasteiger partial charge in [0.2, 0.25) is 0 Å². The summed E-state index contributed by atoms with van der Waals surface area (Å²) in [6.45, 7) is 0. The fourth-order valence-corrected chi connectivity index (χ4v) is 6.84. The van der Waals surface area contributed by atoms with Crippen LogP contribution in [0.5, 0.6) is 0 Å². The molecule has 0 aliphatic heterocycles. The highest BCUT2D eigenvalue weighted by Gasteiger charge is 2.22. The van der Waals surface area contributed by atoms with Crippen molar-refractivity contribution < 1.29 is 27.7 Å². The fourth-order valence-electron chi connectivity index (χ4n) is 6.84. The summed E-state index contributed by atoms with van der Waals surface area (Å²) in [5.41, 5.74) is 0.607. The monoisotopic (exact) mass is 639 g/mol. The first kappa shape index (κ1) is 15.6. The van der Waals surface area contributed by atoms with E-state index in [1.807, 2.05) is 60.7 Å². The summed E-state index contributed by atoms with van der Waals surface area (Å²) in [7, 11) is 0. The van der Waals surface area contributed by atoms with E-state index in [0.29, 0.717) is 21.9 Å². The van der Waals surface area contributed by atoms with Gasteiger partial charge in [-0.05, 0) is 95.7 Å². The summed E-state index contributed by atoms with van der Waals surface area (Å²) in [5, 5.41) is 1.27. The Morgan fingerprint density at radius 2 is 1.00 bits per heavy atom. The number of benzene rings is 9.